The number of halogens is 1. The molecule has 4 rings (SSSR count). The van der Waals surface area contributed by atoms with E-state index in [1.807, 2.05) is 25.1 Å². The lowest BCUT2D eigenvalue weighted by atomic mass is 10.1. The van der Waals surface area contributed by atoms with E-state index >= 15 is 0 Å². The number of aromatic nitrogens is 1. The minimum atomic E-state index is -0.308. The number of furan rings is 1. The van der Waals surface area contributed by atoms with Crippen LogP contribution < -0.4 is 10.6 Å². The van der Waals surface area contributed by atoms with Crippen molar-refractivity contribution in [2.45, 2.75) is 13.3 Å². The van der Waals surface area contributed by atoms with Crippen LogP contribution in [0.5, 0.6) is 0 Å². The summed E-state index contributed by atoms with van der Waals surface area (Å²) in [5.41, 5.74) is 3.64. The van der Waals surface area contributed by atoms with E-state index in [0.29, 0.717) is 17.1 Å². The van der Waals surface area contributed by atoms with Crippen molar-refractivity contribution in [2.75, 3.05) is 10.6 Å². The number of carbonyl (C=O) groups excluding carboxylic acids is 2. The van der Waals surface area contributed by atoms with E-state index in [9.17, 15) is 9.59 Å². The summed E-state index contributed by atoms with van der Waals surface area (Å²) in [5, 5.41) is 6.49. The summed E-state index contributed by atoms with van der Waals surface area (Å²) >= 11 is 3.31. The molecule has 0 radical (unpaired) electrons. The number of anilines is 2. The van der Waals surface area contributed by atoms with Gasteiger partial charge in [-0.2, -0.15) is 0 Å². The first kappa shape index (κ1) is 19.8. The summed E-state index contributed by atoms with van der Waals surface area (Å²) in [6.07, 6.45) is 3.39. The largest absolute Gasteiger partial charge is 0.464 e. The molecule has 0 saturated heterocycles. The maximum absolute atomic E-state index is 12.5. The fourth-order valence-corrected chi connectivity index (χ4v) is 3.32. The molecule has 150 valence electrons. The average Bonchev–Trinajstić information content (AvgIpc) is 3.11. The summed E-state index contributed by atoms with van der Waals surface area (Å²) in [6.45, 7) is 1.99. The Morgan fingerprint density at radius 1 is 1.07 bits per heavy atom. The summed E-state index contributed by atoms with van der Waals surface area (Å²) in [6, 6.07) is 16.1. The van der Waals surface area contributed by atoms with E-state index in [2.05, 4.69) is 31.5 Å². The number of nitrogens with zero attached hydrogens (tertiary/aromatic N) is 1. The van der Waals surface area contributed by atoms with Crippen molar-refractivity contribution in [2.24, 2.45) is 0 Å². The van der Waals surface area contributed by atoms with Gasteiger partial charge < -0.3 is 15.1 Å². The maximum Gasteiger partial charge on any atom is 0.256 e. The van der Waals surface area contributed by atoms with Crippen molar-refractivity contribution in [3.8, 4) is 0 Å². The highest BCUT2D eigenvalue weighted by Gasteiger charge is 2.12. The quantitative estimate of drug-likeness (QED) is 0.418. The number of benzene rings is 2. The summed E-state index contributed by atoms with van der Waals surface area (Å²) in [4.78, 5) is 29.1. The number of hydrogen-bond donors (Lipinski definition) is 2. The molecular formula is C23H18BrN3O3. The highest BCUT2D eigenvalue weighted by Crippen LogP contribution is 2.23. The first-order valence-electron chi connectivity index (χ1n) is 9.27. The lowest BCUT2D eigenvalue weighted by Gasteiger charge is -2.08. The van der Waals surface area contributed by atoms with Gasteiger partial charge in [0.15, 0.2) is 0 Å². The maximum atomic E-state index is 12.5. The number of carbonyl (C=O) groups is 2. The Balaban J connectivity index is 1.43. The van der Waals surface area contributed by atoms with Crippen molar-refractivity contribution in [1.82, 2.24) is 4.98 Å². The van der Waals surface area contributed by atoms with Gasteiger partial charge in [-0.05, 0) is 64.8 Å². The zero-order chi connectivity index (χ0) is 21.1. The number of aryl methyl sites for hydroxylation is 1. The standard InChI is InChI=1S/C23H18BrN3O3/c1-14-5-7-19-16(13-30-20(19)9-14)11-22(28)26-18-4-2-3-15(10-18)23(29)27-21-8-6-17(24)12-25-21/h2-10,12-13H,11H2,1H3,(H,26,28)(H,25,27,29). The smallest absolute Gasteiger partial charge is 0.256 e. The van der Waals surface area contributed by atoms with Gasteiger partial charge in [0, 0.05) is 32.9 Å². The first-order chi connectivity index (χ1) is 14.5. The Kier molecular flexibility index (Phi) is 5.63. The monoisotopic (exact) mass is 463 g/mol. The highest BCUT2D eigenvalue weighted by molar-refractivity contribution is 9.10. The molecule has 2 aromatic heterocycles. The third-order valence-corrected chi connectivity index (χ3v) is 5.01. The van der Waals surface area contributed by atoms with Crippen LogP contribution in [-0.4, -0.2) is 16.8 Å². The lowest BCUT2D eigenvalue weighted by Crippen LogP contribution is -2.16. The fraction of sp³-hybridized carbons (Fsp3) is 0.0870. The van der Waals surface area contributed by atoms with Gasteiger partial charge in [-0.1, -0.05) is 18.2 Å². The van der Waals surface area contributed by atoms with E-state index in [1.165, 1.54) is 0 Å². The Labute approximate surface area is 181 Å². The molecule has 0 unspecified atom stereocenters. The van der Waals surface area contributed by atoms with E-state index in [0.717, 1.165) is 26.6 Å². The normalized spacial score (nSPS) is 10.7. The Bertz CT molecular complexity index is 1230. The van der Waals surface area contributed by atoms with Crippen molar-refractivity contribution >= 4 is 50.2 Å². The molecule has 30 heavy (non-hydrogen) atoms. The molecule has 0 aliphatic carbocycles. The van der Waals surface area contributed by atoms with Crippen molar-refractivity contribution < 1.29 is 14.0 Å². The number of nitrogens with one attached hydrogen (secondary N) is 2. The topological polar surface area (TPSA) is 84.2 Å². The highest BCUT2D eigenvalue weighted by atomic mass is 79.9. The van der Waals surface area contributed by atoms with E-state index in [4.69, 9.17) is 4.42 Å². The Hall–Kier alpha value is -3.45. The van der Waals surface area contributed by atoms with Gasteiger partial charge in [0.05, 0.1) is 12.7 Å². The molecule has 0 aliphatic heterocycles. The molecule has 7 heteroatoms. The van der Waals surface area contributed by atoms with Crippen LogP contribution in [0.25, 0.3) is 11.0 Å². The fourth-order valence-electron chi connectivity index (χ4n) is 3.08. The molecule has 0 bridgehead atoms. The molecule has 2 aromatic carbocycles. The van der Waals surface area contributed by atoms with Crippen LogP contribution in [0, 0.1) is 6.92 Å². The van der Waals surface area contributed by atoms with Crippen molar-refractivity contribution in [3.05, 3.63) is 88.2 Å². The molecule has 6 nitrogen and oxygen atoms in total. The lowest BCUT2D eigenvalue weighted by molar-refractivity contribution is -0.115. The van der Waals surface area contributed by atoms with Crippen LogP contribution in [0.4, 0.5) is 11.5 Å². The number of fused-ring (bicyclic) bond motifs is 1. The second-order valence-corrected chi connectivity index (χ2v) is 7.80. The molecule has 4 aromatic rings. The minimum Gasteiger partial charge on any atom is -0.464 e. The molecule has 0 spiro atoms. The summed E-state index contributed by atoms with van der Waals surface area (Å²) < 4.78 is 6.38. The third kappa shape index (κ3) is 4.58. The predicted molar refractivity (Wildman–Crippen MR) is 120 cm³/mol. The minimum absolute atomic E-state index is 0.176. The molecule has 0 aliphatic rings. The molecule has 0 saturated carbocycles. The number of pyridine rings is 1. The van der Waals surface area contributed by atoms with Crippen LogP contribution in [-0.2, 0) is 11.2 Å². The first-order valence-corrected chi connectivity index (χ1v) is 10.1. The Morgan fingerprint density at radius 3 is 2.73 bits per heavy atom. The summed E-state index contributed by atoms with van der Waals surface area (Å²) in [5.74, 6) is -0.0535. The van der Waals surface area contributed by atoms with E-state index in [-0.39, 0.29) is 18.2 Å². The predicted octanol–water partition coefficient (Wildman–Crippen LogP) is 5.33. The number of rotatable bonds is 5. The van der Waals surface area contributed by atoms with E-state index < -0.39 is 0 Å². The average molecular weight is 464 g/mol. The van der Waals surface area contributed by atoms with Crippen LogP contribution in [0.3, 0.4) is 0 Å². The van der Waals surface area contributed by atoms with Gasteiger partial charge in [0.1, 0.15) is 11.4 Å². The third-order valence-electron chi connectivity index (χ3n) is 4.54. The molecule has 2 heterocycles. The van der Waals surface area contributed by atoms with Crippen molar-refractivity contribution in [1.29, 1.82) is 0 Å². The van der Waals surface area contributed by atoms with E-state index in [1.54, 1.807) is 48.9 Å². The number of amides is 2. The Morgan fingerprint density at radius 2 is 1.93 bits per heavy atom. The van der Waals surface area contributed by atoms with Crippen LogP contribution >= 0.6 is 15.9 Å². The van der Waals surface area contributed by atoms with Gasteiger partial charge in [-0.3, -0.25) is 9.59 Å². The molecule has 2 amide bonds. The van der Waals surface area contributed by atoms with Crippen molar-refractivity contribution in [3.63, 3.8) is 0 Å². The van der Waals surface area contributed by atoms with Gasteiger partial charge in [0.25, 0.3) is 5.91 Å². The second-order valence-electron chi connectivity index (χ2n) is 6.88. The van der Waals surface area contributed by atoms with Gasteiger partial charge >= 0.3 is 0 Å². The molecule has 0 atom stereocenters. The molecular weight excluding hydrogens is 446 g/mol. The van der Waals surface area contributed by atoms with Gasteiger partial charge in [-0.25, -0.2) is 4.98 Å². The van der Waals surface area contributed by atoms with Gasteiger partial charge in [0.2, 0.25) is 5.91 Å². The van der Waals surface area contributed by atoms with Crippen LogP contribution in [0.2, 0.25) is 0 Å². The summed E-state index contributed by atoms with van der Waals surface area (Å²) in [7, 11) is 0. The second kappa shape index (κ2) is 8.51. The molecule has 0 fully saturated rings. The van der Waals surface area contributed by atoms with Crippen LogP contribution in [0.15, 0.2) is 75.9 Å². The number of hydrogen-bond acceptors (Lipinski definition) is 4. The zero-order valence-corrected chi connectivity index (χ0v) is 17.7. The van der Waals surface area contributed by atoms with Gasteiger partial charge in [-0.15, -0.1) is 0 Å². The SMILES string of the molecule is Cc1ccc2c(CC(=O)Nc3cccc(C(=O)Nc4ccc(Br)cn4)c3)coc2c1. The zero-order valence-electron chi connectivity index (χ0n) is 16.1. The van der Waals surface area contributed by atoms with Crippen LogP contribution in [0.1, 0.15) is 21.5 Å². The molecule has 2 N–H and O–H groups in total.